The van der Waals surface area contributed by atoms with Crippen molar-refractivity contribution in [3.63, 3.8) is 0 Å². The number of carbonyl (C=O) groups is 2. The highest BCUT2D eigenvalue weighted by molar-refractivity contribution is 6.32. The first-order chi connectivity index (χ1) is 16.8. The second kappa shape index (κ2) is 11.1. The standard InChI is InChI=1S/C26H33ClN6O2/c1-3-23(34)30-22-12-17(16-6-4-5-7-16)10-11-20(22)31-25-19(27)14-29-26(33-25)32-21-13-18(24(28)35)9-8-15(21)2/h3,8-9,13-14,16-17,20,22H,1,4-7,10-12H2,2H3,(H2,28,35)(H,30,34)(H2,29,31,32,33)/t17?,20-,22+/m1/s1. The van der Waals surface area contributed by atoms with Gasteiger partial charge in [0.2, 0.25) is 17.8 Å². The van der Waals surface area contributed by atoms with E-state index >= 15 is 0 Å². The molecular formula is C26H33ClN6O2. The molecule has 5 N–H and O–H groups in total. The number of benzene rings is 1. The van der Waals surface area contributed by atoms with E-state index in [1.165, 1.54) is 38.0 Å². The number of rotatable bonds is 8. The summed E-state index contributed by atoms with van der Waals surface area (Å²) in [6, 6.07) is 5.10. The minimum absolute atomic E-state index is 0.0169. The fraction of sp³-hybridized carbons (Fsp3) is 0.462. The van der Waals surface area contributed by atoms with Gasteiger partial charge < -0.3 is 21.7 Å². The van der Waals surface area contributed by atoms with Crippen molar-refractivity contribution < 1.29 is 9.59 Å². The summed E-state index contributed by atoms with van der Waals surface area (Å²) in [7, 11) is 0. The highest BCUT2D eigenvalue weighted by atomic mass is 35.5. The fourth-order valence-electron chi connectivity index (χ4n) is 5.37. The quantitative estimate of drug-likeness (QED) is 0.392. The van der Waals surface area contributed by atoms with Gasteiger partial charge in [0, 0.05) is 23.3 Å². The molecule has 0 spiro atoms. The molecule has 0 saturated heterocycles. The van der Waals surface area contributed by atoms with Crippen LogP contribution in [0.2, 0.25) is 5.02 Å². The first-order valence-electron chi connectivity index (χ1n) is 12.2. The van der Waals surface area contributed by atoms with Crippen LogP contribution in [0.1, 0.15) is 60.9 Å². The maximum Gasteiger partial charge on any atom is 0.248 e. The Bertz CT molecular complexity index is 1100. The summed E-state index contributed by atoms with van der Waals surface area (Å²) < 4.78 is 0. The SMILES string of the molecule is C=CC(=O)N[C@H]1CC(C2CCCC2)CC[C@H]1Nc1nc(Nc2cc(C(N)=O)ccc2C)ncc1Cl. The summed E-state index contributed by atoms with van der Waals surface area (Å²) in [6.45, 7) is 5.52. The number of nitrogens with one attached hydrogen (secondary N) is 3. The van der Waals surface area contributed by atoms with E-state index in [4.69, 9.17) is 17.3 Å². The highest BCUT2D eigenvalue weighted by Gasteiger charge is 2.36. The number of aryl methyl sites for hydroxylation is 1. The van der Waals surface area contributed by atoms with Crippen molar-refractivity contribution in [3.05, 3.63) is 53.2 Å². The van der Waals surface area contributed by atoms with Gasteiger partial charge in [0.1, 0.15) is 5.02 Å². The summed E-state index contributed by atoms with van der Waals surface area (Å²) >= 11 is 6.45. The van der Waals surface area contributed by atoms with E-state index in [9.17, 15) is 9.59 Å². The van der Waals surface area contributed by atoms with Crippen LogP contribution < -0.4 is 21.7 Å². The van der Waals surface area contributed by atoms with Crippen LogP contribution in [-0.2, 0) is 4.79 Å². The normalized spacial score (nSPS) is 22.4. The van der Waals surface area contributed by atoms with Gasteiger partial charge in [-0.2, -0.15) is 4.98 Å². The van der Waals surface area contributed by atoms with Crippen LogP contribution in [0, 0.1) is 18.8 Å². The molecule has 1 heterocycles. The predicted molar refractivity (Wildman–Crippen MR) is 139 cm³/mol. The lowest BCUT2D eigenvalue weighted by molar-refractivity contribution is -0.117. The van der Waals surface area contributed by atoms with E-state index in [0.29, 0.717) is 34.0 Å². The first kappa shape index (κ1) is 25.0. The Labute approximate surface area is 211 Å². The largest absolute Gasteiger partial charge is 0.366 e. The second-order valence-electron chi connectivity index (χ2n) is 9.60. The second-order valence-corrected chi connectivity index (χ2v) is 10.0. The molecule has 2 fully saturated rings. The number of hydrogen-bond donors (Lipinski definition) is 4. The van der Waals surface area contributed by atoms with E-state index < -0.39 is 5.91 Å². The van der Waals surface area contributed by atoms with E-state index in [1.807, 2.05) is 13.0 Å². The van der Waals surface area contributed by atoms with Crippen molar-refractivity contribution in [2.75, 3.05) is 10.6 Å². The zero-order valence-corrected chi connectivity index (χ0v) is 20.8. The van der Waals surface area contributed by atoms with Crippen LogP contribution in [0.15, 0.2) is 37.1 Å². The Kier molecular flexibility index (Phi) is 7.90. The van der Waals surface area contributed by atoms with E-state index in [2.05, 4.69) is 32.5 Å². The first-order valence-corrected chi connectivity index (χ1v) is 12.6. The Morgan fingerprint density at radius 1 is 1.14 bits per heavy atom. The van der Waals surface area contributed by atoms with Gasteiger partial charge in [-0.05, 0) is 61.8 Å². The third kappa shape index (κ3) is 6.11. The predicted octanol–water partition coefficient (Wildman–Crippen LogP) is 4.72. The monoisotopic (exact) mass is 496 g/mol. The van der Waals surface area contributed by atoms with Gasteiger partial charge in [0.15, 0.2) is 5.82 Å². The molecule has 8 nitrogen and oxygen atoms in total. The van der Waals surface area contributed by atoms with Crippen LogP contribution in [-0.4, -0.2) is 33.9 Å². The number of nitrogens with two attached hydrogens (primary N) is 1. The molecule has 0 aliphatic heterocycles. The molecule has 2 aliphatic carbocycles. The maximum atomic E-state index is 12.2. The molecule has 9 heteroatoms. The Morgan fingerprint density at radius 2 is 1.91 bits per heavy atom. The molecule has 1 aromatic carbocycles. The molecule has 4 rings (SSSR count). The van der Waals surface area contributed by atoms with Gasteiger partial charge in [-0.1, -0.05) is 49.9 Å². The van der Waals surface area contributed by atoms with Crippen LogP contribution >= 0.6 is 11.6 Å². The van der Waals surface area contributed by atoms with Gasteiger partial charge in [-0.3, -0.25) is 9.59 Å². The molecule has 35 heavy (non-hydrogen) atoms. The van der Waals surface area contributed by atoms with Crippen LogP contribution in [0.25, 0.3) is 0 Å². The summed E-state index contributed by atoms with van der Waals surface area (Å²) in [5.41, 5.74) is 7.41. The summed E-state index contributed by atoms with van der Waals surface area (Å²) in [5, 5.41) is 10.1. The number of halogens is 1. The number of amides is 2. The van der Waals surface area contributed by atoms with Crippen molar-refractivity contribution in [3.8, 4) is 0 Å². The molecule has 0 radical (unpaired) electrons. The van der Waals surface area contributed by atoms with Crippen molar-refractivity contribution >= 4 is 40.9 Å². The van der Waals surface area contributed by atoms with E-state index in [-0.39, 0.29) is 18.0 Å². The summed E-state index contributed by atoms with van der Waals surface area (Å²) in [4.78, 5) is 32.6. The average Bonchev–Trinajstić information content (AvgIpc) is 3.38. The zero-order chi connectivity index (χ0) is 24.9. The Morgan fingerprint density at radius 3 is 2.63 bits per heavy atom. The molecule has 2 amide bonds. The lowest BCUT2D eigenvalue weighted by Crippen LogP contribution is -2.50. The van der Waals surface area contributed by atoms with Gasteiger partial charge >= 0.3 is 0 Å². The van der Waals surface area contributed by atoms with Crippen molar-refractivity contribution in [2.45, 2.75) is 64.0 Å². The molecular weight excluding hydrogens is 464 g/mol. The van der Waals surface area contributed by atoms with E-state index in [0.717, 1.165) is 30.7 Å². The van der Waals surface area contributed by atoms with Crippen LogP contribution in [0.4, 0.5) is 17.5 Å². The molecule has 2 aromatic rings. The highest BCUT2D eigenvalue weighted by Crippen LogP contribution is 2.40. The van der Waals surface area contributed by atoms with Crippen LogP contribution in [0.5, 0.6) is 0 Å². The minimum atomic E-state index is -0.506. The minimum Gasteiger partial charge on any atom is -0.366 e. The van der Waals surface area contributed by atoms with Gasteiger partial charge in [-0.25, -0.2) is 4.98 Å². The molecule has 2 aliphatic rings. The molecule has 1 unspecified atom stereocenters. The number of hydrogen-bond acceptors (Lipinski definition) is 6. The van der Waals surface area contributed by atoms with Crippen LogP contribution in [0.3, 0.4) is 0 Å². The Balaban J connectivity index is 1.51. The third-order valence-corrected chi connectivity index (χ3v) is 7.58. The number of aromatic nitrogens is 2. The maximum absolute atomic E-state index is 12.2. The number of anilines is 3. The lowest BCUT2D eigenvalue weighted by atomic mass is 9.75. The topological polar surface area (TPSA) is 122 Å². The lowest BCUT2D eigenvalue weighted by Gasteiger charge is -2.39. The number of carbonyl (C=O) groups excluding carboxylic acids is 2. The molecule has 2 saturated carbocycles. The molecule has 186 valence electrons. The van der Waals surface area contributed by atoms with E-state index in [1.54, 1.807) is 12.1 Å². The zero-order valence-electron chi connectivity index (χ0n) is 20.0. The smallest absolute Gasteiger partial charge is 0.248 e. The molecule has 1 aromatic heterocycles. The number of primary amides is 1. The average molecular weight is 497 g/mol. The molecule has 3 atom stereocenters. The van der Waals surface area contributed by atoms with Crippen molar-refractivity contribution in [1.82, 2.24) is 15.3 Å². The van der Waals surface area contributed by atoms with Gasteiger partial charge in [-0.15, -0.1) is 0 Å². The van der Waals surface area contributed by atoms with Gasteiger partial charge in [0.25, 0.3) is 0 Å². The Hall–Kier alpha value is -3.13. The third-order valence-electron chi connectivity index (χ3n) is 7.31. The molecule has 0 bridgehead atoms. The van der Waals surface area contributed by atoms with Gasteiger partial charge in [0.05, 0.1) is 6.20 Å². The summed E-state index contributed by atoms with van der Waals surface area (Å²) in [5.74, 6) is 1.52. The fourth-order valence-corrected chi connectivity index (χ4v) is 5.51. The van der Waals surface area contributed by atoms with Crippen molar-refractivity contribution in [2.24, 2.45) is 17.6 Å². The number of nitrogens with zero attached hydrogens (tertiary/aromatic N) is 2. The summed E-state index contributed by atoms with van der Waals surface area (Å²) in [6.07, 6.45) is 11.0. The van der Waals surface area contributed by atoms with Crippen molar-refractivity contribution in [1.29, 1.82) is 0 Å².